The fourth-order valence-corrected chi connectivity index (χ4v) is 2.03. The van der Waals surface area contributed by atoms with Crippen LogP contribution in [0.25, 0.3) is 5.69 Å². The van der Waals surface area contributed by atoms with Gasteiger partial charge in [0.25, 0.3) is 5.91 Å². The maximum absolute atomic E-state index is 12.0. The Labute approximate surface area is 133 Å². The third kappa shape index (κ3) is 4.56. The Balaban J connectivity index is 1.90. The van der Waals surface area contributed by atoms with E-state index in [1.807, 2.05) is 12.1 Å². The summed E-state index contributed by atoms with van der Waals surface area (Å²) in [5.41, 5.74) is 1.27. The molecule has 1 aromatic carbocycles. The van der Waals surface area contributed by atoms with Gasteiger partial charge in [-0.05, 0) is 30.7 Å². The number of halogens is 1. The van der Waals surface area contributed by atoms with Crippen molar-refractivity contribution in [2.75, 3.05) is 20.3 Å². The SMILES string of the molecule is COCC(O)CCNC(=O)c1cnn(-c2ccc(Cl)cc2)c1. The van der Waals surface area contributed by atoms with Crippen molar-refractivity contribution >= 4 is 17.5 Å². The van der Waals surface area contributed by atoms with Gasteiger partial charge >= 0.3 is 0 Å². The second-order valence-corrected chi connectivity index (χ2v) is 5.24. The molecule has 6 nitrogen and oxygen atoms in total. The van der Waals surface area contributed by atoms with Crippen molar-refractivity contribution < 1.29 is 14.6 Å². The van der Waals surface area contributed by atoms with E-state index in [9.17, 15) is 9.90 Å². The molecule has 0 saturated heterocycles. The van der Waals surface area contributed by atoms with Crippen molar-refractivity contribution in [2.24, 2.45) is 0 Å². The lowest BCUT2D eigenvalue weighted by Crippen LogP contribution is -2.28. The minimum Gasteiger partial charge on any atom is -0.391 e. The summed E-state index contributed by atoms with van der Waals surface area (Å²) >= 11 is 5.84. The highest BCUT2D eigenvalue weighted by Crippen LogP contribution is 2.13. The zero-order valence-electron chi connectivity index (χ0n) is 12.2. The van der Waals surface area contributed by atoms with E-state index in [0.717, 1.165) is 5.69 Å². The third-order valence-electron chi connectivity index (χ3n) is 3.06. The smallest absolute Gasteiger partial charge is 0.254 e. The molecular formula is C15H18ClN3O3. The Bertz CT molecular complexity index is 613. The third-order valence-corrected chi connectivity index (χ3v) is 3.31. The van der Waals surface area contributed by atoms with Crippen LogP contribution in [0.4, 0.5) is 0 Å². The van der Waals surface area contributed by atoms with Crippen molar-refractivity contribution in [1.29, 1.82) is 0 Å². The number of aromatic nitrogens is 2. The molecule has 0 spiro atoms. The van der Waals surface area contributed by atoms with Gasteiger partial charge in [0.1, 0.15) is 0 Å². The van der Waals surface area contributed by atoms with Crippen LogP contribution in [-0.2, 0) is 4.74 Å². The van der Waals surface area contributed by atoms with Crippen LogP contribution in [0, 0.1) is 0 Å². The number of rotatable bonds is 7. The van der Waals surface area contributed by atoms with Gasteiger partial charge in [0.2, 0.25) is 0 Å². The summed E-state index contributed by atoms with van der Waals surface area (Å²) in [7, 11) is 1.52. The zero-order valence-corrected chi connectivity index (χ0v) is 13.0. The molecule has 0 aliphatic carbocycles. The predicted molar refractivity (Wildman–Crippen MR) is 83.4 cm³/mol. The Morgan fingerprint density at radius 1 is 1.45 bits per heavy atom. The molecule has 2 N–H and O–H groups in total. The molecule has 7 heteroatoms. The molecule has 1 aromatic heterocycles. The molecular weight excluding hydrogens is 306 g/mol. The standard InChI is InChI=1S/C15H18ClN3O3/c1-22-10-14(20)6-7-17-15(21)11-8-18-19(9-11)13-4-2-12(16)3-5-13/h2-5,8-9,14,20H,6-7,10H2,1H3,(H,17,21). The first-order chi connectivity index (χ1) is 10.6. The van der Waals surface area contributed by atoms with Gasteiger partial charge < -0.3 is 15.2 Å². The number of carbonyl (C=O) groups is 1. The van der Waals surface area contributed by atoms with Crippen LogP contribution in [0.3, 0.4) is 0 Å². The van der Waals surface area contributed by atoms with Gasteiger partial charge in [0, 0.05) is 24.9 Å². The molecule has 1 amide bonds. The first kappa shape index (κ1) is 16.5. The van der Waals surface area contributed by atoms with Crippen LogP contribution in [0.2, 0.25) is 5.02 Å². The number of benzene rings is 1. The lowest BCUT2D eigenvalue weighted by Gasteiger charge is -2.09. The second kappa shape index (κ2) is 7.93. The van der Waals surface area contributed by atoms with Crippen molar-refractivity contribution in [3.8, 4) is 5.69 Å². The first-order valence-corrected chi connectivity index (χ1v) is 7.23. The highest BCUT2D eigenvalue weighted by atomic mass is 35.5. The maximum atomic E-state index is 12.0. The minimum absolute atomic E-state index is 0.232. The topological polar surface area (TPSA) is 76.4 Å². The van der Waals surface area contributed by atoms with Crippen LogP contribution in [0.1, 0.15) is 16.8 Å². The molecule has 0 radical (unpaired) electrons. The minimum atomic E-state index is -0.581. The first-order valence-electron chi connectivity index (χ1n) is 6.86. The van der Waals surface area contributed by atoms with Crippen molar-refractivity contribution in [3.63, 3.8) is 0 Å². The van der Waals surface area contributed by atoms with Gasteiger partial charge in [0.15, 0.2) is 0 Å². The summed E-state index contributed by atoms with van der Waals surface area (Å²) in [6.45, 7) is 0.625. The Hall–Kier alpha value is -1.89. The normalized spacial score (nSPS) is 12.1. The highest BCUT2D eigenvalue weighted by Gasteiger charge is 2.10. The average Bonchev–Trinajstić information content (AvgIpc) is 2.98. The number of hydrogen-bond donors (Lipinski definition) is 2. The van der Waals surface area contributed by atoms with E-state index < -0.39 is 6.10 Å². The largest absolute Gasteiger partial charge is 0.391 e. The number of nitrogens with one attached hydrogen (secondary N) is 1. The molecule has 1 atom stereocenters. The van der Waals surface area contributed by atoms with Crippen LogP contribution in [-0.4, -0.2) is 47.2 Å². The summed E-state index contributed by atoms with van der Waals surface area (Å²) in [4.78, 5) is 12.0. The van der Waals surface area contributed by atoms with Gasteiger partial charge in [-0.3, -0.25) is 4.79 Å². The number of aliphatic hydroxyl groups excluding tert-OH is 1. The predicted octanol–water partition coefficient (Wildman–Crippen LogP) is 1.65. The summed E-state index contributed by atoms with van der Waals surface area (Å²) in [5, 5.41) is 17.0. The average molecular weight is 324 g/mol. The second-order valence-electron chi connectivity index (χ2n) is 4.80. The number of methoxy groups -OCH3 is 1. The fraction of sp³-hybridized carbons (Fsp3) is 0.333. The van der Waals surface area contributed by atoms with Crippen molar-refractivity contribution in [2.45, 2.75) is 12.5 Å². The van der Waals surface area contributed by atoms with Crippen LogP contribution < -0.4 is 5.32 Å². The summed E-state index contributed by atoms with van der Waals surface area (Å²) in [5.74, 6) is -0.232. The van der Waals surface area contributed by atoms with Crippen LogP contribution >= 0.6 is 11.6 Å². The highest BCUT2D eigenvalue weighted by molar-refractivity contribution is 6.30. The molecule has 22 heavy (non-hydrogen) atoms. The van der Waals surface area contributed by atoms with Gasteiger partial charge in [-0.25, -0.2) is 4.68 Å². The van der Waals surface area contributed by atoms with E-state index in [-0.39, 0.29) is 12.5 Å². The molecule has 1 heterocycles. The molecule has 2 aromatic rings. The molecule has 118 valence electrons. The van der Waals surface area contributed by atoms with Gasteiger partial charge in [-0.2, -0.15) is 5.10 Å². The van der Waals surface area contributed by atoms with E-state index in [1.165, 1.54) is 13.3 Å². The maximum Gasteiger partial charge on any atom is 0.254 e. The van der Waals surface area contributed by atoms with Gasteiger partial charge in [0.05, 0.1) is 30.2 Å². The number of ether oxygens (including phenoxy) is 1. The summed E-state index contributed by atoms with van der Waals surface area (Å²) in [6.07, 6.45) is 2.99. The quantitative estimate of drug-likeness (QED) is 0.812. The van der Waals surface area contributed by atoms with Crippen molar-refractivity contribution in [1.82, 2.24) is 15.1 Å². The number of amides is 1. The zero-order chi connectivity index (χ0) is 15.9. The van der Waals surface area contributed by atoms with Crippen LogP contribution in [0.5, 0.6) is 0 Å². The van der Waals surface area contributed by atoms with E-state index in [4.69, 9.17) is 16.3 Å². The number of aliphatic hydroxyl groups is 1. The molecule has 0 aliphatic rings. The molecule has 0 aliphatic heterocycles. The lowest BCUT2D eigenvalue weighted by atomic mass is 10.2. The number of carbonyl (C=O) groups excluding carboxylic acids is 1. The molecule has 0 saturated carbocycles. The Kier molecular flexibility index (Phi) is 5.94. The Morgan fingerprint density at radius 3 is 2.86 bits per heavy atom. The number of hydrogen-bond acceptors (Lipinski definition) is 4. The van der Waals surface area contributed by atoms with E-state index in [0.29, 0.717) is 23.6 Å². The number of nitrogens with zero attached hydrogens (tertiary/aromatic N) is 2. The van der Waals surface area contributed by atoms with Gasteiger partial charge in [-0.15, -0.1) is 0 Å². The van der Waals surface area contributed by atoms with Gasteiger partial charge in [-0.1, -0.05) is 11.6 Å². The van der Waals surface area contributed by atoms with E-state index in [1.54, 1.807) is 23.0 Å². The van der Waals surface area contributed by atoms with Crippen LogP contribution in [0.15, 0.2) is 36.7 Å². The van der Waals surface area contributed by atoms with E-state index in [2.05, 4.69) is 10.4 Å². The molecule has 1 unspecified atom stereocenters. The monoisotopic (exact) mass is 323 g/mol. The molecule has 0 fully saturated rings. The lowest BCUT2D eigenvalue weighted by molar-refractivity contribution is 0.0587. The van der Waals surface area contributed by atoms with Crippen molar-refractivity contribution in [3.05, 3.63) is 47.2 Å². The molecule has 0 bridgehead atoms. The summed E-state index contributed by atoms with van der Waals surface area (Å²) in [6, 6.07) is 7.15. The summed E-state index contributed by atoms with van der Waals surface area (Å²) < 4.78 is 6.42. The van der Waals surface area contributed by atoms with E-state index >= 15 is 0 Å². The fourth-order valence-electron chi connectivity index (χ4n) is 1.91. The Morgan fingerprint density at radius 2 is 2.18 bits per heavy atom. The molecule has 2 rings (SSSR count).